The van der Waals surface area contributed by atoms with Gasteiger partial charge >= 0.3 is 0 Å². The number of aromatic nitrogens is 3. The van der Waals surface area contributed by atoms with Crippen molar-refractivity contribution >= 4 is 22.8 Å². The summed E-state index contributed by atoms with van der Waals surface area (Å²) in [5.74, 6) is 0.389. The summed E-state index contributed by atoms with van der Waals surface area (Å²) in [4.78, 5) is 25.4. The fourth-order valence-electron chi connectivity index (χ4n) is 2.31. The molecule has 6 heteroatoms. The maximum atomic E-state index is 12.1. The van der Waals surface area contributed by atoms with E-state index in [1.54, 1.807) is 30.3 Å². The van der Waals surface area contributed by atoms with Crippen LogP contribution in [0, 0.1) is 0 Å². The average Bonchev–Trinajstić information content (AvgIpc) is 3.01. The minimum Gasteiger partial charge on any atom is -0.384 e. The van der Waals surface area contributed by atoms with Gasteiger partial charge in [-0.3, -0.25) is 9.78 Å². The van der Waals surface area contributed by atoms with Crippen LogP contribution in [0.15, 0.2) is 36.7 Å². The van der Waals surface area contributed by atoms with Crippen molar-refractivity contribution in [1.82, 2.24) is 19.9 Å². The van der Waals surface area contributed by atoms with Gasteiger partial charge in [-0.05, 0) is 31.2 Å². The second-order valence-electron chi connectivity index (χ2n) is 5.09. The Bertz CT molecular complexity index is 822. The Morgan fingerprint density at radius 2 is 2.18 bits per heavy atom. The van der Waals surface area contributed by atoms with E-state index in [1.807, 2.05) is 25.3 Å². The van der Waals surface area contributed by atoms with Crippen LogP contribution in [0.4, 0.5) is 5.82 Å². The number of carbonyl (C=O) groups is 1. The molecule has 3 heterocycles. The molecule has 1 amide bonds. The van der Waals surface area contributed by atoms with Gasteiger partial charge in [0.15, 0.2) is 0 Å². The van der Waals surface area contributed by atoms with Gasteiger partial charge in [0.1, 0.15) is 11.5 Å². The number of hydrogen-bond donors (Lipinski definition) is 2. The van der Waals surface area contributed by atoms with Crippen molar-refractivity contribution in [2.45, 2.75) is 6.92 Å². The van der Waals surface area contributed by atoms with Gasteiger partial charge in [-0.25, -0.2) is 4.98 Å². The van der Waals surface area contributed by atoms with Crippen LogP contribution in [-0.4, -0.2) is 39.4 Å². The minimum absolute atomic E-state index is 0.0393. The molecule has 3 N–H and O–H groups in total. The Hall–Kier alpha value is -2.89. The summed E-state index contributed by atoms with van der Waals surface area (Å²) < 4.78 is 0. The highest BCUT2D eigenvalue weighted by molar-refractivity contribution is 5.96. The molecule has 0 spiro atoms. The number of hydrogen-bond acceptors (Lipinski definition) is 4. The number of amides is 1. The Morgan fingerprint density at radius 3 is 2.86 bits per heavy atom. The standard InChI is InChI=1S/C16H17N5O/c1-3-21(2)16(22)10-4-5-13(19-9-10)12-8-14(17)20-15-11(12)6-7-18-15/h4-9H,3H2,1-2H3,(H3,17,18,20). The zero-order valence-corrected chi connectivity index (χ0v) is 12.5. The first-order valence-electron chi connectivity index (χ1n) is 7.05. The highest BCUT2D eigenvalue weighted by Gasteiger charge is 2.12. The van der Waals surface area contributed by atoms with E-state index >= 15 is 0 Å². The van der Waals surface area contributed by atoms with Gasteiger partial charge in [0.05, 0.1) is 11.3 Å². The molecule has 0 atom stereocenters. The maximum absolute atomic E-state index is 12.1. The van der Waals surface area contributed by atoms with Gasteiger partial charge in [-0.1, -0.05) is 0 Å². The summed E-state index contributed by atoms with van der Waals surface area (Å²) in [5.41, 5.74) is 8.79. The predicted molar refractivity (Wildman–Crippen MR) is 86.4 cm³/mol. The van der Waals surface area contributed by atoms with Crippen molar-refractivity contribution in [1.29, 1.82) is 0 Å². The van der Waals surface area contributed by atoms with Crippen LogP contribution in [0.1, 0.15) is 17.3 Å². The number of rotatable bonds is 3. The molecule has 0 saturated carbocycles. The third-order valence-electron chi connectivity index (χ3n) is 3.66. The number of pyridine rings is 2. The summed E-state index contributed by atoms with van der Waals surface area (Å²) >= 11 is 0. The first kappa shape index (κ1) is 14.1. The summed E-state index contributed by atoms with van der Waals surface area (Å²) in [6.45, 7) is 2.59. The molecule has 22 heavy (non-hydrogen) atoms. The summed E-state index contributed by atoms with van der Waals surface area (Å²) in [7, 11) is 1.77. The zero-order valence-electron chi connectivity index (χ0n) is 12.5. The highest BCUT2D eigenvalue weighted by atomic mass is 16.2. The van der Waals surface area contributed by atoms with Gasteiger partial charge in [-0.15, -0.1) is 0 Å². The average molecular weight is 295 g/mol. The Kier molecular flexibility index (Phi) is 3.50. The number of anilines is 1. The Labute approximate surface area is 128 Å². The van der Waals surface area contributed by atoms with Crippen LogP contribution in [0.2, 0.25) is 0 Å². The Balaban J connectivity index is 2.02. The van der Waals surface area contributed by atoms with E-state index in [2.05, 4.69) is 15.0 Å². The predicted octanol–water partition coefficient (Wildman–Crippen LogP) is 2.30. The second-order valence-corrected chi connectivity index (χ2v) is 5.09. The monoisotopic (exact) mass is 295 g/mol. The molecular formula is C16H17N5O. The van der Waals surface area contributed by atoms with Gasteiger partial charge in [-0.2, -0.15) is 0 Å². The van der Waals surface area contributed by atoms with Crippen molar-refractivity contribution in [3.63, 3.8) is 0 Å². The van der Waals surface area contributed by atoms with E-state index in [0.717, 1.165) is 22.3 Å². The van der Waals surface area contributed by atoms with E-state index in [0.29, 0.717) is 17.9 Å². The molecule has 112 valence electrons. The molecule has 0 radical (unpaired) electrons. The molecule has 0 aromatic carbocycles. The highest BCUT2D eigenvalue weighted by Crippen LogP contribution is 2.27. The second kappa shape index (κ2) is 5.48. The van der Waals surface area contributed by atoms with Crippen molar-refractivity contribution in [3.05, 3.63) is 42.2 Å². The molecule has 3 aromatic rings. The van der Waals surface area contributed by atoms with Crippen LogP contribution in [-0.2, 0) is 0 Å². The van der Waals surface area contributed by atoms with Crippen LogP contribution < -0.4 is 5.73 Å². The quantitative estimate of drug-likeness (QED) is 0.776. The number of aromatic amines is 1. The third kappa shape index (κ3) is 2.39. The first-order chi connectivity index (χ1) is 10.6. The molecule has 0 aliphatic rings. The topological polar surface area (TPSA) is 87.9 Å². The summed E-state index contributed by atoms with van der Waals surface area (Å²) in [5, 5.41) is 0.950. The fourth-order valence-corrected chi connectivity index (χ4v) is 2.31. The SMILES string of the molecule is CCN(C)C(=O)c1ccc(-c2cc(N)nc3[nH]ccc23)nc1. The molecule has 0 unspecified atom stereocenters. The third-order valence-corrected chi connectivity index (χ3v) is 3.66. The lowest BCUT2D eigenvalue weighted by atomic mass is 10.1. The molecule has 0 aliphatic heterocycles. The van der Waals surface area contributed by atoms with E-state index in [1.165, 1.54) is 0 Å². The zero-order chi connectivity index (χ0) is 15.7. The smallest absolute Gasteiger partial charge is 0.255 e. The lowest BCUT2D eigenvalue weighted by molar-refractivity contribution is 0.0802. The van der Waals surface area contributed by atoms with Crippen LogP contribution >= 0.6 is 0 Å². The number of nitrogens with zero attached hydrogens (tertiary/aromatic N) is 3. The minimum atomic E-state index is -0.0393. The largest absolute Gasteiger partial charge is 0.384 e. The number of nitrogens with one attached hydrogen (secondary N) is 1. The summed E-state index contributed by atoms with van der Waals surface area (Å²) in [6.07, 6.45) is 3.41. The normalized spacial score (nSPS) is 10.8. The molecule has 3 rings (SSSR count). The van der Waals surface area contributed by atoms with E-state index in [9.17, 15) is 4.79 Å². The number of nitrogen functional groups attached to an aromatic ring is 1. The van der Waals surface area contributed by atoms with Crippen molar-refractivity contribution in [2.24, 2.45) is 0 Å². The number of carbonyl (C=O) groups excluding carboxylic acids is 1. The van der Waals surface area contributed by atoms with Crippen molar-refractivity contribution in [2.75, 3.05) is 19.3 Å². The van der Waals surface area contributed by atoms with Crippen LogP contribution in [0.3, 0.4) is 0 Å². The van der Waals surface area contributed by atoms with Gasteiger partial charge in [0.2, 0.25) is 0 Å². The molecule has 0 saturated heterocycles. The van der Waals surface area contributed by atoms with Crippen molar-refractivity contribution in [3.8, 4) is 11.3 Å². The van der Waals surface area contributed by atoms with Gasteiger partial charge in [0.25, 0.3) is 5.91 Å². The lowest BCUT2D eigenvalue weighted by Crippen LogP contribution is -2.26. The maximum Gasteiger partial charge on any atom is 0.255 e. The fraction of sp³-hybridized carbons (Fsp3) is 0.188. The number of H-pyrrole nitrogens is 1. The molecule has 6 nitrogen and oxygen atoms in total. The Morgan fingerprint density at radius 1 is 1.36 bits per heavy atom. The van der Waals surface area contributed by atoms with Gasteiger partial charge < -0.3 is 15.6 Å². The van der Waals surface area contributed by atoms with E-state index in [4.69, 9.17) is 5.73 Å². The molecular weight excluding hydrogens is 278 g/mol. The number of nitrogens with two attached hydrogens (primary N) is 1. The van der Waals surface area contributed by atoms with Crippen molar-refractivity contribution < 1.29 is 4.79 Å². The lowest BCUT2D eigenvalue weighted by Gasteiger charge is -2.14. The van der Waals surface area contributed by atoms with E-state index in [-0.39, 0.29) is 5.91 Å². The molecule has 0 aliphatic carbocycles. The summed E-state index contributed by atoms with van der Waals surface area (Å²) in [6, 6.07) is 7.34. The van der Waals surface area contributed by atoms with Crippen LogP contribution in [0.5, 0.6) is 0 Å². The molecule has 0 bridgehead atoms. The number of fused-ring (bicyclic) bond motifs is 1. The van der Waals surface area contributed by atoms with Gasteiger partial charge in [0, 0.05) is 36.9 Å². The molecule has 3 aromatic heterocycles. The first-order valence-corrected chi connectivity index (χ1v) is 7.05. The molecule has 0 fully saturated rings. The van der Waals surface area contributed by atoms with Crippen LogP contribution in [0.25, 0.3) is 22.3 Å². The van der Waals surface area contributed by atoms with E-state index < -0.39 is 0 Å².